The quantitative estimate of drug-likeness (QED) is 0.104. The fourth-order valence-corrected chi connectivity index (χ4v) is 8.06. The Labute approximate surface area is 339 Å². The Morgan fingerprint density at radius 1 is 0.750 bits per heavy atom. The summed E-state index contributed by atoms with van der Waals surface area (Å²) in [6.07, 6.45) is 6.73. The SMILES string of the molecule is CCCN(CCCCCC(=O)N(C)CCN1CCC(OC(=O)Nc2ccccc2-c2ccccc2)CC1)Cc1ccc(C(=O)N(C)CCCN(C)C(=O)CC)s1. The van der Waals surface area contributed by atoms with E-state index in [9.17, 15) is 19.2 Å². The Kier molecular flexibility index (Phi) is 18.8. The number of carbonyl (C=O) groups is 4. The molecule has 306 valence electrons. The normalized spacial score (nSPS) is 13.4. The van der Waals surface area contributed by atoms with Gasteiger partial charge in [0.1, 0.15) is 6.10 Å². The Bertz CT molecular complexity index is 1660. The van der Waals surface area contributed by atoms with Gasteiger partial charge in [0, 0.05) is 90.2 Å². The number of likely N-dealkylation sites (N-methyl/N-ethyl adjacent to an activating group) is 1. The van der Waals surface area contributed by atoms with Crippen molar-refractivity contribution < 1.29 is 23.9 Å². The monoisotopic (exact) mass is 788 g/mol. The number of anilines is 1. The molecule has 0 atom stereocenters. The maximum absolute atomic E-state index is 13.0. The van der Waals surface area contributed by atoms with Crippen LogP contribution in [-0.4, -0.2) is 128 Å². The summed E-state index contributed by atoms with van der Waals surface area (Å²) >= 11 is 1.57. The Morgan fingerprint density at radius 3 is 2.18 bits per heavy atom. The van der Waals surface area contributed by atoms with Crippen molar-refractivity contribution in [2.75, 3.05) is 78.8 Å². The minimum Gasteiger partial charge on any atom is -0.446 e. The number of nitrogens with zero attached hydrogens (tertiary/aromatic N) is 5. The average molecular weight is 789 g/mol. The van der Waals surface area contributed by atoms with Gasteiger partial charge >= 0.3 is 6.09 Å². The zero-order valence-corrected chi connectivity index (χ0v) is 35.2. The highest BCUT2D eigenvalue weighted by atomic mass is 32.1. The molecule has 3 aromatic rings. The standard InChI is InChI=1S/C44H64N6O5S/c1-6-26-50(34-37-22-23-40(56-37)43(53)48(5)28-16-27-46(3)41(51)7-2)29-15-9-12-21-42(52)47(4)32-33-49-30-24-36(25-31-49)55-44(54)45-39-20-14-13-19-38(39)35-17-10-8-11-18-35/h8,10-11,13-14,17-20,22-23,36H,6-7,9,12,15-16,21,24-34H2,1-5H3,(H,45,54). The number of rotatable bonds is 22. The number of carbonyl (C=O) groups excluding carboxylic acids is 4. The predicted octanol–water partition coefficient (Wildman–Crippen LogP) is 7.69. The molecule has 0 bridgehead atoms. The van der Waals surface area contributed by atoms with Gasteiger partial charge in [-0.1, -0.05) is 68.8 Å². The molecule has 1 aromatic heterocycles. The lowest BCUT2D eigenvalue weighted by Gasteiger charge is -2.32. The molecular formula is C44H64N6O5S. The van der Waals surface area contributed by atoms with Gasteiger partial charge in [0.25, 0.3) is 5.91 Å². The van der Waals surface area contributed by atoms with Crippen molar-refractivity contribution in [3.05, 3.63) is 76.5 Å². The van der Waals surface area contributed by atoms with Crippen molar-refractivity contribution in [1.82, 2.24) is 24.5 Å². The molecule has 0 aliphatic carbocycles. The average Bonchev–Trinajstić information content (AvgIpc) is 3.68. The fraction of sp³-hybridized carbons (Fsp3) is 0.545. The van der Waals surface area contributed by atoms with Gasteiger partial charge in [-0.25, -0.2) is 4.79 Å². The summed E-state index contributed by atoms with van der Waals surface area (Å²) in [5.41, 5.74) is 2.72. The highest BCUT2D eigenvalue weighted by molar-refractivity contribution is 7.14. The first-order valence-corrected chi connectivity index (χ1v) is 21.3. The number of piperidine rings is 1. The molecule has 2 heterocycles. The second-order valence-electron chi connectivity index (χ2n) is 14.9. The lowest BCUT2D eigenvalue weighted by molar-refractivity contribution is -0.130. The Balaban J connectivity index is 1.07. The van der Waals surface area contributed by atoms with E-state index in [-0.39, 0.29) is 23.8 Å². The molecule has 1 N–H and O–H groups in total. The van der Waals surface area contributed by atoms with Gasteiger partial charge in [-0.15, -0.1) is 11.3 Å². The first kappa shape index (κ1) is 44.5. The first-order valence-electron chi connectivity index (χ1n) is 20.5. The van der Waals surface area contributed by atoms with Crippen LogP contribution in [0.25, 0.3) is 11.1 Å². The van der Waals surface area contributed by atoms with Crippen LogP contribution < -0.4 is 5.32 Å². The number of hydrogen-bond donors (Lipinski definition) is 1. The zero-order chi connectivity index (χ0) is 40.3. The summed E-state index contributed by atoms with van der Waals surface area (Å²) < 4.78 is 5.80. The van der Waals surface area contributed by atoms with Crippen LogP contribution in [0.2, 0.25) is 0 Å². The van der Waals surface area contributed by atoms with E-state index in [1.807, 2.05) is 93.6 Å². The molecule has 0 radical (unpaired) electrons. The summed E-state index contributed by atoms with van der Waals surface area (Å²) in [4.78, 5) is 62.6. The molecule has 1 aliphatic rings. The van der Waals surface area contributed by atoms with Crippen LogP contribution in [0.15, 0.2) is 66.7 Å². The van der Waals surface area contributed by atoms with Crippen LogP contribution in [0.5, 0.6) is 0 Å². The molecule has 0 spiro atoms. The second kappa shape index (κ2) is 23.7. The minimum atomic E-state index is -0.428. The minimum absolute atomic E-state index is 0.0280. The van der Waals surface area contributed by atoms with Gasteiger partial charge in [0.15, 0.2) is 0 Å². The van der Waals surface area contributed by atoms with Crippen molar-refractivity contribution in [3.8, 4) is 11.1 Å². The van der Waals surface area contributed by atoms with Crippen molar-refractivity contribution in [2.24, 2.45) is 0 Å². The topological polar surface area (TPSA) is 106 Å². The molecule has 1 aliphatic heterocycles. The molecule has 11 nitrogen and oxygen atoms in total. The van der Waals surface area contributed by atoms with E-state index in [0.717, 1.165) is 106 Å². The van der Waals surface area contributed by atoms with Crippen molar-refractivity contribution in [3.63, 3.8) is 0 Å². The molecule has 2 aromatic carbocycles. The lowest BCUT2D eigenvalue weighted by atomic mass is 10.0. The maximum atomic E-state index is 13.0. The van der Waals surface area contributed by atoms with Crippen molar-refractivity contribution in [2.45, 2.75) is 84.3 Å². The highest BCUT2D eigenvalue weighted by Gasteiger charge is 2.23. The molecule has 12 heteroatoms. The van der Waals surface area contributed by atoms with Crippen LogP contribution in [0.1, 0.15) is 86.2 Å². The van der Waals surface area contributed by atoms with Gasteiger partial charge in [0.2, 0.25) is 11.8 Å². The van der Waals surface area contributed by atoms with Crippen LogP contribution in [0.4, 0.5) is 10.5 Å². The van der Waals surface area contributed by atoms with Crippen LogP contribution in [0, 0.1) is 0 Å². The van der Waals surface area contributed by atoms with Crippen molar-refractivity contribution >= 4 is 40.8 Å². The third-order valence-electron chi connectivity index (χ3n) is 10.5. The number of likely N-dealkylation sites (tertiary alicyclic amines) is 1. The first-order chi connectivity index (χ1) is 27.1. The van der Waals surface area contributed by atoms with E-state index in [1.165, 1.54) is 4.88 Å². The molecule has 4 amide bonds. The van der Waals surface area contributed by atoms with Crippen LogP contribution in [-0.2, 0) is 20.9 Å². The van der Waals surface area contributed by atoms with E-state index in [2.05, 4.69) is 28.1 Å². The van der Waals surface area contributed by atoms with Gasteiger partial charge in [-0.2, -0.15) is 0 Å². The second-order valence-corrected chi connectivity index (χ2v) is 16.1. The van der Waals surface area contributed by atoms with Gasteiger partial charge in [-0.05, 0) is 75.4 Å². The van der Waals surface area contributed by atoms with Gasteiger partial charge in [-0.3, -0.25) is 24.6 Å². The van der Waals surface area contributed by atoms with E-state index in [0.29, 0.717) is 32.5 Å². The lowest BCUT2D eigenvalue weighted by Crippen LogP contribution is -2.42. The maximum Gasteiger partial charge on any atom is 0.411 e. The molecule has 0 unspecified atom stereocenters. The van der Waals surface area contributed by atoms with E-state index < -0.39 is 6.09 Å². The Morgan fingerprint density at radius 2 is 1.45 bits per heavy atom. The third-order valence-corrected chi connectivity index (χ3v) is 11.5. The number of ether oxygens (including phenoxy) is 1. The largest absolute Gasteiger partial charge is 0.446 e. The Hall–Kier alpha value is -4.26. The molecule has 1 saturated heterocycles. The highest BCUT2D eigenvalue weighted by Crippen LogP contribution is 2.28. The van der Waals surface area contributed by atoms with Crippen LogP contribution in [0.3, 0.4) is 0 Å². The van der Waals surface area contributed by atoms with E-state index in [4.69, 9.17) is 4.74 Å². The van der Waals surface area contributed by atoms with Crippen LogP contribution >= 0.6 is 11.3 Å². The summed E-state index contributed by atoms with van der Waals surface area (Å²) in [7, 11) is 5.53. The number of para-hydroxylation sites is 1. The number of hydrogen-bond acceptors (Lipinski definition) is 8. The zero-order valence-electron chi connectivity index (χ0n) is 34.3. The van der Waals surface area contributed by atoms with Gasteiger partial charge < -0.3 is 24.3 Å². The third kappa shape index (κ3) is 14.7. The summed E-state index contributed by atoms with van der Waals surface area (Å²) in [6, 6.07) is 21.7. The molecule has 1 fully saturated rings. The smallest absolute Gasteiger partial charge is 0.411 e. The number of benzene rings is 2. The summed E-state index contributed by atoms with van der Waals surface area (Å²) in [5, 5.41) is 2.94. The number of amides is 4. The molecule has 4 rings (SSSR count). The fourth-order valence-electron chi connectivity index (χ4n) is 7.01. The summed E-state index contributed by atoms with van der Waals surface area (Å²) in [6.45, 7) is 11.2. The van der Waals surface area contributed by atoms with E-state index in [1.54, 1.807) is 21.1 Å². The number of nitrogens with one attached hydrogen (secondary N) is 1. The van der Waals surface area contributed by atoms with E-state index >= 15 is 0 Å². The molecular weight excluding hydrogens is 725 g/mol. The summed E-state index contributed by atoms with van der Waals surface area (Å²) in [5.74, 6) is 0.331. The number of unbranched alkanes of at least 4 members (excludes halogenated alkanes) is 2. The predicted molar refractivity (Wildman–Crippen MR) is 227 cm³/mol. The molecule has 56 heavy (non-hydrogen) atoms. The van der Waals surface area contributed by atoms with Crippen molar-refractivity contribution in [1.29, 1.82) is 0 Å². The molecule has 0 saturated carbocycles. The van der Waals surface area contributed by atoms with Gasteiger partial charge in [0.05, 0.1) is 10.6 Å². The number of thiophene rings is 1.